The highest BCUT2D eigenvalue weighted by molar-refractivity contribution is 6.37. The van der Waals surface area contributed by atoms with Gasteiger partial charge in [0.25, 0.3) is 5.91 Å². The number of halogens is 2. The van der Waals surface area contributed by atoms with Gasteiger partial charge in [-0.25, -0.2) is 0 Å². The van der Waals surface area contributed by atoms with Crippen molar-refractivity contribution in [1.82, 2.24) is 0 Å². The van der Waals surface area contributed by atoms with Gasteiger partial charge in [0.15, 0.2) is 5.75 Å². The van der Waals surface area contributed by atoms with Crippen LogP contribution in [0.3, 0.4) is 0 Å². The molecule has 2 aromatic carbocycles. The average molecular weight is 366 g/mol. The van der Waals surface area contributed by atoms with E-state index < -0.39 is 0 Å². The Morgan fingerprint density at radius 1 is 1.08 bits per heavy atom. The lowest BCUT2D eigenvalue weighted by Crippen LogP contribution is -2.26. The fourth-order valence-corrected chi connectivity index (χ4v) is 2.91. The Kier molecular flexibility index (Phi) is 6.95. The molecule has 0 fully saturated rings. The second kappa shape index (κ2) is 8.95. The van der Waals surface area contributed by atoms with Gasteiger partial charge in [-0.2, -0.15) is 0 Å². The molecule has 0 radical (unpaired) electrons. The molecule has 0 aliphatic rings. The Bertz CT molecular complexity index is 666. The van der Waals surface area contributed by atoms with Gasteiger partial charge in [0.2, 0.25) is 0 Å². The van der Waals surface area contributed by atoms with Gasteiger partial charge >= 0.3 is 0 Å². The van der Waals surface area contributed by atoms with Crippen molar-refractivity contribution in [3.8, 4) is 5.75 Å². The first-order valence-electron chi connectivity index (χ1n) is 7.99. The van der Waals surface area contributed by atoms with E-state index >= 15 is 0 Å². The van der Waals surface area contributed by atoms with Crippen LogP contribution in [0.4, 0.5) is 5.69 Å². The number of hydrogen-bond donors (Lipinski definition) is 0. The van der Waals surface area contributed by atoms with Gasteiger partial charge in [-0.05, 0) is 30.7 Å². The van der Waals surface area contributed by atoms with Crippen molar-refractivity contribution in [3.05, 3.63) is 58.1 Å². The number of anilines is 1. The fraction of sp³-hybridized carbons (Fsp3) is 0.316. The molecule has 0 N–H and O–H groups in total. The molecule has 2 rings (SSSR count). The Hall–Kier alpha value is -1.71. The highest BCUT2D eigenvalue weighted by atomic mass is 35.5. The average Bonchev–Trinajstić information content (AvgIpc) is 2.59. The third-order valence-corrected chi connectivity index (χ3v) is 4.25. The van der Waals surface area contributed by atoms with Gasteiger partial charge in [0.05, 0.1) is 16.7 Å². The van der Waals surface area contributed by atoms with Crippen molar-refractivity contribution in [2.75, 3.05) is 18.6 Å². The zero-order valence-corrected chi connectivity index (χ0v) is 15.4. The number of ether oxygens (including phenoxy) is 1. The summed E-state index contributed by atoms with van der Waals surface area (Å²) in [4.78, 5) is 14.2. The SMILES string of the molecule is CCCCCOc1c(Cl)cc(C(=O)N(C)c2ccccc2)cc1Cl. The summed E-state index contributed by atoms with van der Waals surface area (Å²) in [6.45, 7) is 2.69. The molecule has 1 amide bonds. The van der Waals surface area contributed by atoms with E-state index in [1.165, 1.54) is 0 Å². The molecule has 5 heteroatoms. The summed E-state index contributed by atoms with van der Waals surface area (Å²) in [6.07, 6.45) is 3.15. The number of amides is 1. The van der Waals surface area contributed by atoms with E-state index in [0.717, 1.165) is 24.9 Å². The molecule has 0 aromatic heterocycles. The summed E-state index contributed by atoms with van der Waals surface area (Å²) in [5, 5.41) is 0.702. The second-order valence-electron chi connectivity index (χ2n) is 5.52. The molecule has 0 saturated heterocycles. The minimum atomic E-state index is -0.178. The summed E-state index contributed by atoms with van der Waals surface area (Å²) in [5.41, 5.74) is 1.23. The third-order valence-electron chi connectivity index (χ3n) is 3.69. The molecule has 3 nitrogen and oxygen atoms in total. The quantitative estimate of drug-likeness (QED) is 0.576. The largest absolute Gasteiger partial charge is 0.490 e. The van der Waals surface area contributed by atoms with Crippen LogP contribution in [0.25, 0.3) is 0 Å². The summed E-state index contributed by atoms with van der Waals surface area (Å²) in [5.74, 6) is 0.260. The van der Waals surface area contributed by atoms with Crippen molar-refractivity contribution in [1.29, 1.82) is 0 Å². The number of unbranched alkanes of at least 4 members (excludes halogenated alkanes) is 2. The molecule has 0 saturated carbocycles. The Labute approximate surface area is 153 Å². The normalized spacial score (nSPS) is 10.5. The number of benzene rings is 2. The second-order valence-corrected chi connectivity index (χ2v) is 6.34. The smallest absolute Gasteiger partial charge is 0.258 e. The molecule has 0 unspecified atom stereocenters. The highest BCUT2D eigenvalue weighted by Crippen LogP contribution is 2.35. The molecule has 0 aliphatic heterocycles. The van der Waals surface area contributed by atoms with Crippen LogP contribution < -0.4 is 9.64 Å². The zero-order valence-electron chi connectivity index (χ0n) is 13.9. The molecule has 0 atom stereocenters. The summed E-state index contributed by atoms with van der Waals surface area (Å²) in [6, 6.07) is 12.6. The van der Waals surface area contributed by atoms with Gasteiger partial charge in [0, 0.05) is 18.3 Å². The molecule has 0 aliphatic carbocycles. The van der Waals surface area contributed by atoms with E-state index in [4.69, 9.17) is 27.9 Å². The first-order chi connectivity index (χ1) is 11.5. The third kappa shape index (κ3) is 4.65. The van der Waals surface area contributed by atoms with E-state index in [-0.39, 0.29) is 5.91 Å². The molecule has 128 valence electrons. The van der Waals surface area contributed by atoms with E-state index in [0.29, 0.717) is 28.0 Å². The van der Waals surface area contributed by atoms with Crippen LogP contribution in [0.1, 0.15) is 36.5 Å². The first-order valence-corrected chi connectivity index (χ1v) is 8.75. The van der Waals surface area contributed by atoms with Crippen LogP contribution in [-0.4, -0.2) is 19.6 Å². The summed E-state index contributed by atoms with van der Waals surface area (Å²) in [7, 11) is 1.72. The van der Waals surface area contributed by atoms with Crippen molar-refractivity contribution < 1.29 is 9.53 Å². The summed E-state index contributed by atoms with van der Waals surface area (Å²) >= 11 is 12.5. The van der Waals surface area contributed by atoms with Gasteiger partial charge in [0.1, 0.15) is 0 Å². The van der Waals surface area contributed by atoms with Crippen LogP contribution in [0, 0.1) is 0 Å². The number of carbonyl (C=O) groups excluding carboxylic acids is 1. The number of rotatable bonds is 7. The molecular weight excluding hydrogens is 345 g/mol. The van der Waals surface area contributed by atoms with Crippen LogP contribution in [0.15, 0.2) is 42.5 Å². The standard InChI is InChI=1S/C19H21Cl2NO2/c1-3-4-8-11-24-18-16(20)12-14(13-17(18)21)19(23)22(2)15-9-6-5-7-10-15/h5-7,9-10,12-13H,3-4,8,11H2,1-2H3. The number of para-hydroxylation sites is 1. The Balaban J connectivity index is 2.15. The topological polar surface area (TPSA) is 29.5 Å². The maximum Gasteiger partial charge on any atom is 0.258 e. The van der Waals surface area contributed by atoms with Crippen LogP contribution >= 0.6 is 23.2 Å². The molecule has 2 aromatic rings. The van der Waals surface area contributed by atoms with E-state index in [2.05, 4.69) is 6.92 Å². The minimum absolute atomic E-state index is 0.178. The predicted molar refractivity (Wildman–Crippen MR) is 101 cm³/mol. The summed E-state index contributed by atoms with van der Waals surface area (Å²) < 4.78 is 5.66. The maximum atomic E-state index is 12.6. The first kappa shape index (κ1) is 18.6. The molecule has 24 heavy (non-hydrogen) atoms. The molecule has 0 bridgehead atoms. The van der Waals surface area contributed by atoms with Gasteiger partial charge in [-0.15, -0.1) is 0 Å². The lowest BCUT2D eigenvalue weighted by molar-refractivity contribution is 0.0993. The van der Waals surface area contributed by atoms with Gasteiger partial charge < -0.3 is 9.64 Å². The van der Waals surface area contributed by atoms with Crippen LogP contribution in [0.5, 0.6) is 5.75 Å². The van der Waals surface area contributed by atoms with E-state index in [1.54, 1.807) is 24.1 Å². The number of hydrogen-bond acceptors (Lipinski definition) is 2. The van der Waals surface area contributed by atoms with Crippen molar-refractivity contribution in [3.63, 3.8) is 0 Å². The Morgan fingerprint density at radius 2 is 1.71 bits per heavy atom. The van der Waals surface area contributed by atoms with Crippen molar-refractivity contribution in [2.24, 2.45) is 0 Å². The molecule has 0 heterocycles. The lowest BCUT2D eigenvalue weighted by atomic mass is 10.1. The maximum absolute atomic E-state index is 12.6. The van der Waals surface area contributed by atoms with E-state index in [1.807, 2.05) is 30.3 Å². The zero-order chi connectivity index (χ0) is 17.5. The number of carbonyl (C=O) groups is 1. The van der Waals surface area contributed by atoms with Crippen LogP contribution in [-0.2, 0) is 0 Å². The predicted octanol–water partition coefficient (Wildman–Crippen LogP) is 5.84. The lowest BCUT2D eigenvalue weighted by Gasteiger charge is -2.18. The Morgan fingerprint density at radius 3 is 2.29 bits per heavy atom. The number of nitrogens with zero attached hydrogens (tertiary/aromatic N) is 1. The molecular formula is C19H21Cl2NO2. The van der Waals surface area contributed by atoms with Crippen molar-refractivity contribution >= 4 is 34.8 Å². The minimum Gasteiger partial charge on any atom is -0.490 e. The van der Waals surface area contributed by atoms with Gasteiger partial charge in [-0.3, -0.25) is 4.79 Å². The van der Waals surface area contributed by atoms with Crippen LogP contribution in [0.2, 0.25) is 10.0 Å². The van der Waals surface area contributed by atoms with E-state index in [9.17, 15) is 4.79 Å². The highest BCUT2D eigenvalue weighted by Gasteiger charge is 2.18. The van der Waals surface area contributed by atoms with Crippen molar-refractivity contribution in [2.45, 2.75) is 26.2 Å². The van der Waals surface area contributed by atoms with Gasteiger partial charge in [-0.1, -0.05) is 61.2 Å². The molecule has 0 spiro atoms. The fourth-order valence-electron chi connectivity index (χ4n) is 2.31. The monoisotopic (exact) mass is 365 g/mol.